The molecular weight excluding hydrogens is 410 g/mol. The summed E-state index contributed by atoms with van der Waals surface area (Å²) in [5, 5.41) is 19.0. The highest BCUT2D eigenvalue weighted by Gasteiger charge is 2.16. The second-order valence-corrected chi connectivity index (χ2v) is 9.23. The summed E-state index contributed by atoms with van der Waals surface area (Å²) >= 11 is 0. The predicted octanol–water partition coefficient (Wildman–Crippen LogP) is 5.20. The number of aryl methyl sites for hydroxylation is 1. The Bertz CT molecular complexity index is 1140. The van der Waals surface area contributed by atoms with Crippen LogP contribution in [0.15, 0.2) is 48.5 Å². The Kier molecular flexibility index (Phi) is 7.27. The Balaban J connectivity index is 1.46. The maximum Gasteiger partial charge on any atom is 0.179 e. The van der Waals surface area contributed by atoms with E-state index in [0.717, 1.165) is 49.4 Å². The molecule has 2 aromatic heterocycles. The second-order valence-electron chi connectivity index (χ2n) is 9.23. The topological polar surface area (TPSA) is 85.2 Å². The van der Waals surface area contributed by atoms with Crippen LogP contribution < -0.4 is 0 Å². The maximum atomic E-state index is 4.89. The molecule has 1 atom stereocenters. The summed E-state index contributed by atoms with van der Waals surface area (Å²) < 4.78 is 2.10. The first-order chi connectivity index (χ1) is 16.0. The van der Waals surface area contributed by atoms with E-state index in [1.807, 2.05) is 12.1 Å². The lowest BCUT2D eigenvalue weighted by Crippen LogP contribution is -2.09. The van der Waals surface area contributed by atoms with Gasteiger partial charge in [-0.05, 0) is 58.4 Å². The van der Waals surface area contributed by atoms with Crippen LogP contribution >= 0.6 is 0 Å². The minimum Gasteiger partial charge on any atom is -0.245 e. The highest BCUT2D eigenvalue weighted by atomic mass is 15.5. The molecule has 7 nitrogen and oxygen atoms in total. The first kappa shape index (κ1) is 22.8. The molecule has 4 aromatic rings. The zero-order valence-corrected chi connectivity index (χ0v) is 20.0. The van der Waals surface area contributed by atoms with Crippen LogP contribution in [-0.2, 0) is 19.4 Å². The number of tetrazole rings is 1. The van der Waals surface area contributed by atoms with Crippen molar-refractivity contribution in [1.82, 2.24) is 35.4 Å². The fourth-order valence-corrected chi connectivity index (χ4v) is 3.87. The van der Waals surface area contributed by atoms with E-state index in [1.165, 1.54) is 16.7 Å². The second kappa shape index (κ2) is 10.5. The number of benzene rings is 2. The van der Waals surface area contributed by atoms with Crippen LogP contribution in [0.1, 0.15) is 74.8 Å². The van der Waals surface area contributed by atoms with E-state index in [4.69, 9.17) is 10.1 Å². The zero-order valence-electron chi connectivity index (χ0n) is 20.0. The van der Waals surface area contributed by atoms with Gasteiger partial charge in [0.15, 0.2) is 11.6 Å². The van der Waals surface area contributed by atoms with Crippen LogP contribution in [0.5, 0.6) is 0 Å². The van der Waals surface area contributed by atoms with Gasteiger partial charge < -0.3 is 0 Å². The highest BCUT2D eigenvalue weighted by Crippen LogP contribution is 2.21. The summed E-state index contributed by atoms with van der Waals surface area (Å²) in [7, 11) is 0. The van der Waals surface area contributed by atoms with Crippen molar-refractivity contribution in [2.75, 3.05) is 0 Å². The number of H-pyrrole nitrogens is 1. The van der Waals surface area contributed by atoms with E-state index in [9.17, 15) is 0 Å². The molecule has 1 N–H and O–H groups in total. The molecule has 0 saturated carbocycles. The lowest BCUT2D eigenvalue weighted by molar-refractivity contribution is 0.561. The summed E-state index contributed by atoms with van der Waals surface area (Å²) in [6.07, 6.45) is 3.98. The lowest BCUT2D eigenvalue weighted by atomic mass is 10.0. The molecule has 0 amide bonds. The average Bonchev–Trinajstić information content (AvgIpc) is 3.49. The van der Waals surface area contributed by atoms with Crippen LogP contribution in [-0.4, -0.2) is 35.4 Å². The fraction of sp³-hybridized carbons (Fsp3) is 0.423. The zero-order chi connectivity index (χ0) is 23.2. The van der Waals surface area contributed by atoms with Crippen molar-refractivity contribution in [1.29, 1.82) is 0 Å². The molecule has 1 unspecified atom stereocenters. The van der Waals surface area contributed by atoms with Crippen LogP contribution in [0, 0.1) is 5.92 Å². The summed E-state index contributed by atoms with van der Waals surface area (Å²) in [6.45, 7) is 9.69. The first-order valence-corrected chi connectivity index (χ1v) is 11.9. The van der Waals surface area contributed by atoms with Crippen molar-refractivity contribution in [3.05, 3.63) is 76.9 Å². The molecule has 0 aliphatic rings. The van der Waals surface area contributed by atoms with E-state index in [0.29, 0.717) is 17.7 Å². The molecule has 7 heteroatoms. The number of aromatic nitrogens is 7. The maximum absolute atomic E-state index is 4.89. The molecule has 0 bridgehead atoms. The summed E-state index contributed by atoms with van der Waals surface area (Å²) in [5.41, 5.74) is 4.72. The Morgan fingerprint density at radius 2 is 1.76 bits per heavy atom. The molecule has 0 aliphatic heterocycles. The third-order valence-corrected chi connectivity index (χ3v) is 6.05. The molecule has 172 valence electrons. The molecule has 0 spiro atoms. The van der Waals surface area contributed by atoms with Crippen LogP contribution in [0.2, 0.25) is 0 Å². The van der Waals surface area contributed by atoms with E-state index < -0.39 is 0 Å². The normalized spacial score (nSPS) is 12.4. The van der Waals surface area contributed by atoms with Gasteiger partial charge in [-0.25, -0.2) is 14.8 Å². The van der Waals surface area contributed by atoms with Crippen molar-refractivity contribution in [3.63, 3.8) is 0 Å². The number of nitrogens with one attached hydrogen (secondary N) is 1. The van der Waals surface area contributed by atoms with E-state index in [-0.39, 0.29) is 0 Å². The first-order valence-electron chi connectivity index (χ1n) is 11.9. The number of nitrogens with zero attached hydrogens (tertiary/aromatic N) is 6. The molecule has 0 saturated heterocycles. The minimum absolute atomic E-state index is 0.399. The van der Waals surface area contributed by atoms with Crippen LogP contribution in [0.4, 0.5) is 0 Å². The largest absolute Gasteiger partial charge is 0.245 e. The van der Waals surface area contributed by atoms with Crippen LogP contribution in [0.25, 0.3) is 11.4 Å². The summed E-state index contributed by atoms with van der Waals surface area (Å²) in [4.78, 5) is 4.89. The van der Waals surface area contributed by atoms with Crippen molar-refractivity contribution in [3.8, 4) is 11.4 Å². The van der Waals surface area contributed by atoms with Gasteiger partial charge in [0.05, 0.1) is 6.54 Å². The van der Waals surface area contributed by atoms with Gasteiger partial charge in [0.25, 0.3) is 0 Å². The highest BCUT2D eigenvalue weighted by molar-refractivity contribution is 5.55. The van der Waals surface area contributed by atoms with Crippen molar-refractivity contribution >= 4 is 0 Å². The standard InChI is InChI=1S/C26H33N7/c1-5-19(4)26-27-24(14-9-18(2)3)30-33(26)17-21-12-10-20(11-13-21)15-22-7-6-8-23(16-22)25-28-31-32-29-25/h6-8,10-13,16,18-19H,5,9,14-15,17H2,1-4H3,(H,28,29,31,32). The fourth-order valence-electron chi connectivity index (χ4n) is 3.87. The average molecular weight is 444 g/mol. The monoisotopic (exact) mass is 443 g/mol. The quantitative estimate of drug-likeness (QED) is 0.364. The van der Waals surface area contributed by atoms with Gasteiger partial charge in [-0.2, -0.15) is 5.10 Å². The predicted molar refractivity (Wildman–Crippen MR) is 130 cm³/mol. The van der Waals surface area contributed by atoms with Gasteiger partial charge >= 0.3 is 0 Å². The van der Waals surface area contributed by atoms with Crippen molar-refractivity contribution in [2.45, 2.75) is 65.8 Å². The summed E-state index contributed by atoms with van der Waals surface area (Å²) in [5.74, 6) is 3.81. The number of aromatic amines is 1. The van der Waals surface area contributed by atoms with Crippen molar-refractivity contribution < 1.29 is 0 Å². The van der Waals surface area contributed by atoms with E-state index in [1.54, 1.807) is 0 Å². The van der Waals surface area contributed by atoms with Crippen molar-refractivity contribution in [2.24, 2.45) is 5.92 Å². The third-order valence-electron chi connectivity index (χ3n) is 6.05. The lowest BCUT2D eigenvalue weighted by Gasteiger charge is -2.11. The Morgan fingerprint density at radius 1 is 0.970 bits per heavy atom. The van der Waals surface area contributed by atoms with Crippen LogP contribution in [0.3, 0.4) is 0 Å². The number of hydrogen-bond donors (Lipinski definition) is 1. The Morgan fingerprint density at radius 3 is 2.45 bits per heavy atom. The molecule has 2 heterocycles. The number of rotatable bonds is 10. The third kappa shape index (κ3) is 5.92. The van der Waals surface area contributed by atoms with Gasteiger partial charge in [0.2, 0.25) is 0 Å². The van der Waals surface area contributed by atoms with Gasteiger partial charge in [0.1, 0.15) is 5.82 Å². The summed E-state index contributed by atoms with van der Waals surface area (Å²) in [6, 6.07) is 17.1. The molecule has 0 radical (unpaired) electrons. The SMILES string of the molecule is CCC(C)c1nc(CCC(C)C)nn1Cc1ccc(Cc2cccc(-c3nnn[nH]3)c2)cc1. The van der Waals surface area contributed by atoms with E-state index >= 15 is 0 Å². The molecule has 0 aliphatic carbocycles. The Labute approximate surface area is 195 Å². The van der Waals surface area contributed by atoms with Gasteiger partial charge in [-0.1, -0.05) is 70.2 Å². The molecular formula is C26H33N7. The van der Waals surface area contributed by atoms with Gasteiger partial charge in [-0.3, -0.25) is 0 Å². The molecule has 2 aromatic carbocycles. The molecule has 4 rings (SSSR count). The Hall–Kier alpha value is -3.35. The smallest absolute Gasteiger partial charge is 0.179 e. The molecule has 0 fully saturated rings. The molecule has 33 heavy (non-hydrogen) atoms. The van der Waals surface area contributed by atoms with E-state index in [2.05, 4.69) is 89.4 Å². The van der Waals surface area contributed by atoms with Gasteiger partial charge in [-0.15, -0.1) is 5.10 Å². The number of hydrogen-bond acceptors (Lipinski definition) is 5. The van der Waals surface area contributed by atoms with Gasteiger partial charge in [0, 0.05) is 17.9 Å². The minimum atomic E-state index is 0.399.